The van der Waals surface area contributed by atoms with E-state index in [1.165, 1.54) is 22.6 Å². The van der Waals surface area contributed by atoms with Crippen LogP contribution in [0.1, 0.15) is 10.5 Å². The number of aromatic carboxylic acids is 1. The molecular formula is C14H9FN2O2. The quantitative estimate of drug-likeness (QED) is 0.767. The van der Waals surface area contributed by atoms with Crippen LogP contribution in [0.4, 0.5) is 4.39 Å². The fraction of sp³-hybridized carbons (Fsp3) is 0. The number of benzene rings is 1. The lowest BCUT2D eigenvalue weighted by molar-refractivity contribution is 0.0689. The Kier molecular flexibility index (Phi) is 2.52. The number of aromatic nitrogens is 2. The predicted octanol–water partition coefficient (Wildman–Crippen LogP) is 2.84. The van der Waals surface area contributed by atoms with Crippen LogP contribution in [0.3, 0.4) is 0 Å². The molecule has 0 bridgehead atoms. The molecular weight excluding hydrogens is 247 g/mol. The van der Waals surface area contributed by atoms with Crippen molar-refractivity contribution in [3.05, 3.63) is 60.2 Å². The second-order valence-corrected chi connectivity index (χ2v) is 4.07. The summed E-state index contributed by atoms with van der Waals surface area (Å²) >= 11 is 0. The molecule has 2 aromatic heterocycles. The minimum Gasteiger partial charge on any atom is -0.477 e. The highest BCUT2D eigenvalue weighted by Gasteiger charge is 2.14. The molecule has 0 saturated carbocycles. The molecule has 0 atom stereocenters. The number of halogens is 1. The second kappa shape index (κ2) is 4.20. The van der Waals surface area contributed by atoms with E-state index in [4.69, 9.17) is 0 Å². The number of rotatable bonds is 2. The Morgan fingerprint density at radius 1 is 1.21 bits per heavy atom. The lowest BCUT2D eigenvalue weighted by Gasteiger charge is -2.05. The molecule has 0 aliphatic heterocycles. The standard InChI is InChI=1S/C14H9FN2O2/c15-10-4-1-3-9(7-10)13-16-8-11-5-2-6-12(14(18)19)17(11)13/h1-8H,(H,18,19). The molecule has 0 amide bonds. The molecule has 0 fully saturated rings. The summed E-state index contributed by atoms with van der Waals surface area (Å²) in [6.07, 6.45) is 1.56. The number of carboxylic acids is 1. The van der Waals surface area contributed by atoms with Crippen molar-refractivity contribution >= 4 is 11.5 Å². The number of nitrogens with zero attached hydrogens (tertiary/aromatic N) is 2. The highest BCUT2D eigenvalue weighted by atomic mass is 19.1. The van der Waals surface area contributed by atoms with Gasteiger partial charge >= 0.3 is 5.97 Å². The predicted molar refractivity (Wildman–Crippen MR) is 67.5 cm³/mol. The van der Waals surface area contributed by atoms with Crippen molar-refractivity contribution in [2.75, 3.05) is 0 Å². The fourth-order valence-corrected chi connectivity index (χ4v) is 2.05. The normalized spacial score (nSPS) is 10.8. The summed E-state index contributed by atoms with van der Waals surface area (Å²) in [4.78, 5) is 15.4. The molecule has 3 aromatic rings. The van der Waals surface area contributed by atoms with Gasteiger partial charge in [0.25, 0.3) is 0 Å². The molecule has 0 spiro atoms. The van der Waals surface area contributed by atoms with Crippen molar-refractivity contribution in [3.63, 3.8) is 0 Å². The summed E-state index contributed by atoms with van der Waals surface area (Å²) in [7, 11) is 0. The van der Waals surface area contributed by atoms with Crippen LogP contribution >= 0.6 is 0 Å². The Bertz CT molecular complexity index is 780. The molecule has 0 aliphatic rings. The van der Waals surface area contributed by atoms with Gasteiger partial charge in [-0.3, -0.25) is 4.40 Å². The average Bonchev–Trinajstić information content (AvgIpc) is 2.82. The van der Waals surface area contributed by atoms with E-state index >= 15 is 0 Å². The molecule has 0 radical (unpaired) electrons. The first kappa shape index (κ1) is 11.4. The molecule has 3 rings (SSSR count). The van der Waals surface area contributed by atoms with Crippen LogP contribution in [0.15, 0.2) is 48.7 Å². The largest absolute Gasteiger partial charge is 0.477 e. The summed E-state index contributed by atoms with van der Waals surface area (Å²) in [6, 6.07) is 10.8. The molecule has 94 valence electrons. The maximum absolute atomic E-state index is 13.3. The molecule has 19 heavy (non-hydrogen) atoms. The fourth-order valence-electron chi connectivity index (χ4n) is 2.05. The summed E-state index contributed by atoms with van der Waals surface area (Å²) in [6.45, 7) is 0. The third-order valence-corrected chi connectivity index (χ3v) is 2.85. The lowest BCUT2D eigenvalue weighted by atomic mass is 10.2. The first-order chi connectivity index (χ1) is 9.16. The lowest BCUT2D eigenvalue weighted by Crippen LogP contribution is -2.05. The van der Waals surface area contributed by atoms with Crippen molar-refractivity contribution in [1.82, 2.24) is 9.38 Å². The van der Waals surface area contributed by atoms with Crippen LogP contribution in [0.5, 0.6) is 0 Å². The van der Waals surface area contributed by atoms with Gasteiger partial charge in [-0.25, -0.2) is 14.2 Å². The number of hydrogen-bond donors (Lipinski definition) is 1. The topological polar surface area (TPSA) is 54.6 Å². The number of carboxylic acid groups (broad SMARTS) is 1. The highest BCUT2D eigenvalue weighted by Crippen LogP contribution is 2.22. The maximum atomic E-state index is 13.3. The first-order valence-electron chi connectivity index (χ1n) is 5.62. The van der Waals surface area contributed by atoms with Gasteiger partial charge in [0.1, 0.15) is 17.3 Å². The van der Waals surface area contributed by atoms with Crippen LogP contribution < -0.4 is 0 Å². The number of pyridine rings is 1. The maximum Gasteiger partial charge on any atom is 0.352 e. The van der Waals surface area contributed by atoms with E-state index in [2.05, 4.69) is 4.98 Å². The molecule has 0 aliphatic carbocycles. The second-order valence-electron chi connectivity index (χ2n) is 4.07. The van der Waals surface area contributed by atoms with Crippen molar-refractivity contribution < 1.29 is 14.3 Å². The van der Waals surface area contributed by atoms with Gasteiger partial charge in [0.15, 0.2) is 0 Å². The Morgan fingerprint density at radius 2 is 2.00 bits per heavy atom. The van der Waals surface area contributed by atoms with E-state index in [0.29, 0.717) is 16.9 Å². The SMILES string of the molecule is O=C(O)c1cccc2cnc(-c3cccc(F)c3)n12. The van der Waals surface area contributed by atoms with Crippen LogP contribution in [-0.4, -0.2) is 20.5 Å². The molecule has 0 saturated heterocycles. The zero-order valence-corrected chi connectivity index (χ0v) is 9.75. The number of carbonyl (C=O) groups is 1. The van der Waals surface area contributed by atoms with Crippen LogP contribution in [0, 0.1) is 5.82 Å². The summed E-state index contributed by atoms with van der Waals surface area (Å²) in [5.74, 6) is -1.03. The van der Waals surface area contributed by atoms with Gasteiger partial charge in [0.05, 0.1) is 11.7 Å². The summed E-state index contributed by atoms with van der Waals surface area (Å²) in [5.41, 5.74) is 1.28. The summed E-state index contributed by atoms with van der Waals surface area (Å²) < 4.78 is 14.8. The van der Waals surface area contributed by atoms with Gasteiger partial charge in [0.2, 0.25) is 0 Å². The van der Waals surface area contributed by atoms with Gasteiger partial charge < -0.3 is 5.11 Å². The Hall–Kier alpha value is -2.69. The Labute approximate surface area is 107 Å². The van der Waals surface area contributed by atoms with Gasteiger partial charge in [-0.05, 0) is 24.3 Å². The monoisotopic (exact) mass is 256 g/mol. The number of hydrogen-bond acceptors (Lipinski definition) is 2. The van der Waals surface area contributed by atoms with Crippen molar-refractivity contribution in [2.24, 2.45) is 0 Å². The van der Waals surface area contributed by atoms with E-state index in [1.807, 2.05) is 0 Å². The number of fused-ring (bicyclic) bond motifs is 1. The third kappa shape index (κ3) is 1.85. The van der Waals surface area contributed by atoms with Gasteiger partial charge in [-0.15, -0.1) is 0 Å². The molecule has 1 aromatic carbocycles. The van der Waals surface area contributed by atoms with Crippen LogP contribution in [-0.2, 0) is 0 Å². The van der Waals surface area contributed by atoms with Crippen LogP contribution in [0.25, 0.3) is 16.9 Å². The minimum atomic E-state index is -1.05. The van der Waals surface area contributed by atoms with Crippen LogP contribution in [0.2, 0.25) is 0 Å². The molecule has 5 heteroatoms. The van der Waals surface area contributed by atoms with Crippen molar-refractivity contribution in [2.45, 2.75) is 0 Å². The van der Waals surface area contributed by atoms with E-state index in [-0.39, 0.29) is 11.5 Å². The third-order valence-electron chi connectivity index (χ3n) is 2.85. The van der Waals surface area contributed by atoms with E-state index < -0.39 is 5.97 Å². The minimum absolute atomic E-state index is 0.0919. The zero-order chi connectivity index (χ0) is 13.4. The Balaban J connectivity index is 2.33. The van der Waals surface area contributed by atoms with E-state index in [1.54, 1.807) is 30.5 Å². The van der Waals surface area contributed by atoms with Gasteiger partial charge in [0, 0.05) is 5.56 Å². The summed E-state index contributed by atoms with van der Waals surface area (Å²) in [5, 5.41) is 9.20. The first-order valence-corrected chi connectivity index (χ1v) is 5.62. The van der Waals surface area contributed by atoms with Crippen molar-refractivity contribution in [3.8, 4) is 11.4 Å². The zero-order valence-electron chi connectivity index (χ0n) is 9.75. The molecule has 0 unspecified atom stereocenters. The molecule has 1 N–H and O–H groups in total. The van der Waals surface area contributed by atoms with E-state index in [0.717, 1.165) is 0 Å². The molecule has 2 heterocycles. The van der Waals surface area contributed by atoms with Gasteiger partial charge in [-0.1, -0.05) is 18.2 Å². The smallest absolute Gasteiger partial charge is 0.352 e. The van der Waals surface area contributed by atoms with Gasteiger partial charge in [-0.2, -0.15) is 0 Å². The highest BCUT2D eigenvalue weighted by molar-refractivity contribution is 5.87. The molecule has 4 nitrogen and oxygen atoms in total. The number of imidazole rings is 1. The van der Waals surface area contributed by atoms with E-state index in [9.17, 15) is 14.3 Å². The van der Waals surface area contributed by atoms with Crippen molar-refractivity contribution in [1.29, 1.82) is 0 Å². The average molecular weight is 256 g/mol. The Morgan fingerprint density at radius 3 is 2.74 bits per heavy atom.